The van der Waals surface area contributed by atoms with Crippen molar-refractivity contribution in [3.8, 4) is 28.6 Å². The lowest BCUT2D eigenvalue weighted by Crippen LogP contribution is -2.01. The van der Waals surface area contributed by atoms with Crippen molar-refractivity contribution in [3.05, 3.63) is 78.2 Å². The van der Waals surface area contributed by atoms with E-state index < -0.39 is 0 Å². The van der Waals surface area contributed by atoms with Crippen LogP contribution in [-0.4, -0.2) is 22.2 Å². The fraction of sp³-hybridized carbons (Fsp3) is 0.0952. The molecule has 0 amide bonds. The number of anilines is 1. The average molecular weight is 376 g/mol. The number of benzene rings is 2. The van der Waals surface area contributed by atoms with Gasteiger partial charge in [0.2, 0.25) is 5.82 Å². The molecule has 140 valence electrons. The monoisotopic (exact) mass is 376 g/mol. The zero-order valence-electron chi connectivity index (χ0n) is 15.1. The van der Waals surface area contributed by atoms with Gasteiger partial charge in [-0.2, -0.15) is 4.98 Å². The molecule has 4 aromatic rings. The van der Waals surface area contributed by atoms with E-state index in [4.69, 9.17) is 9.26 Å². The average Bonchev–Trinajstić information content (AvgIpc) is 3.23. The number of nitrogens with one attached hydrogen (secondary N) is 1. The number of nitrogens with zero attached hydrogens (tertiary/aromatic N) is 3. The number of rotatable bonds is 6. The number of ether oxygens (including phenoxy) is 1. The van der Waals surface area contributed by atoms with Gasteiger partial charge in [0.1, 0.15) is 17.4 Å². The van der Waals surface area contributed by atoms with Crippen LogP contribution >= 0.6 is 0 Å². The molecule has 0 spiro atoms. The number of methoxy groups -OCH3 is 1. The summed E-state index contributed by atoms with van der Waals surface area (Å²) in [6.07, 6.45) is 1.65. The van der Waals surface area contributed by atoms with Gasteiger partial charge in [-0.1, -0.05) is 29.4 Å². The third-order valence-electron chi connectivity index (χ3n) is 4.15. The Morgan fingerprint density at radius 3 is 2.61 bits per heavy atom. The van der Waals surface area contributed by atoms with Crippen LogP contribution in [0.3, 0.4) is 0 Å². The Bertz CT molecular complexity index is 1060. The maximum Gasteiger partial charge on any atom is 0.259 e. The van der Waals surface area contributed by atoms with Gasteiger partial charge in [-0.05, 0) is 42.0 Å². The fourth-order valence-corrected chi connectivity index (χ4v) is 2.65. The Labute approximate surface area is 161 Å². The molecule has 7 heteroatoms. The molecule has 0 saturated heterocycles. The van der Waals surface area contributed by atoms with Crippen LogP contribution in [0.1, 0.15) is 5.56 Å². The predicted molar refractivity (Wildman–Crippen MR) is 103 cm³/mol. The Morgan fingerprint density at radius 2 is 1.89 bits per heavy atom. The molecule has 0 aliphatic carbocycles. The van der Waals surface area contributed by atoms with Gasteiger partial charge in [-0.25, -0.2) is 9.37 Å². The summed E-state index contributed by atoms with van der Waals surface area (Å²) in [7, 11) is 1.64. The lowest BCUT2D eigenvalue weighted by atomic mass is 10.2. The third kappa shape index (κ3) is 3.98. The van der Waals surface area contributed by atoms with Gasteiger partial charge in [0.05, 0.1) is 12.7 Å². The van der Waals surface area contributed by atoms with Crippen LogP contribution in [0.25, 0.3) is 22.8 Å². The molecular weight excluding hydrogens is 359 g/mol. The molecule has 2 heterocycles. The standard InChI is InChI=1S/C21H17FN4O2/c1-27-18-8-5-14(6-9-18)12-23-19-10-7-16(13-24-19)21-25-20(26-28-21)15-3-2-4-17(22)11-15/h2-11,13H,12H2,1H3,(H,23,24). The van der Waals surface area contributed by atoms with E-state index >= 15 is 0 Å². The molecule has 0 aliphatic heterocycles. The molecule has 2 aromatic carbocycles. The summed E-state index contributed by atoms with van der Waals surface area (Å²) < 4.78 is 23.8. The largest absolute Gasteiger partial charge is 0.497 e. The normalized spacial score (nSPS) is 10.6. The first kappa shape index (κ1) is 17.7. The van der Waals surface area contributed by atoms with Crippen LogP contribution in [-0.2, 0) is 6.54 Å². The minimum atomic E-state index is -0.349. The maximum atomic E-state index is 13.4. The summed E-state index contributed by atoms with van der Waals surface area (Å²) in [5, 5.41) is 7.16. The van der Waals surface area contributed by atoms with Crippen molar-refractivity contribution in [3.63, 3.8) is 0 Å². The lowest BCUT2D eigenvalue weighted by molar-refractivity contribution is 0.414. The number of hydrogen-bond acceptors (Lipinski definition) is 6. The zero-order chi connectivity index (χ0) is 19.3. The first-order chi connectivity index (χ1) is 13.7. The quantitative estimate of drug-likeness (QED) is 0.532. The van der Waals surface area contributed by atoms with Crippen LogP contribution in [0, 0.1) is 5.82 Å². The van der Waals surface area contributed by atoms with Crippen molar-refractivity contribution in [1.82, 2.24) is 15.1 Å². The van der Waals surface area contributed by atoms with E-state index in [0.29, 0.717) is 29.4 Å². The van der Waals surface area contributed by atoms with Gasteiger partial charge in [0, 0.05) is 18.3 Å². The highest BCUT2D eigenvalue weighted by Gasteiger charge is 2.11. The Balaban J connectivity index is 1.43. The third-order valence-corrected chi connectivity index (χ3v) is 4.15. The molecule has 2 aromatic heterocycles. The van der Waals surface area contributed by atoms with E-state index in [1.807, 2.05) is 36.4 Å². The van der Waals surface area contributed by atoms with E-state index in [9.17, 15) is 4.39 Å². The molecule has 0 bridgehead atoms. The van der Waals surface area contributed by atoms with Crippen LogP contribution in [0.5, 0.6) is 5.75 Å². The van der Waals surface area contributed by atoms with E-state index in [2.05, 4.69) is 20.4 Å². The van der Waals surface area contributed by atoms with E-state index in [1.165, 1.54) is 12.1 Å². The molecule has 1 N–H and O–H groups in total. The van der Waals surface area contributed by atoms with Gasteiger partial charge < -0.3 is 14.6 Å². The molecule has 0 saturated carbocycles. The highest BCUT2D eigenvalue weighted by molar-refractivity contribution is 5.60. The molecule has 0 atom stereocenters. The van der Waals surface area contributed by atoms with Crippen molar-refractivity contribution >= 4 is 5.82 Å². The highest BCUT2D eigenvalue weighted by atomic mass is 19.1. The Kier molecular flexibility index (Phi) is 4.97. The van der Waals surface area contributed by atoms with E-state index in [0.717, 1.165) is 17.1 Å². The van der Waals surface area contributed by atoms with Gasteiger partial charge in [0.25, 0.3) is 5.89 Å². The van der Waals surface area contributed by atoms with Crippen molar-refractivity contribution in [2.24, 2.45) is 0 Å². The highest BCUT2D eigenvalue weighted by Crippen LogP contribution is 2.23. The second kappa shape index (κ2) is 7.87. The summed E-state index contributed by atoms with van der Waals surface area (Å²) in [6, 6.07) is 17.5. The SMILES string of the molecule is COc1ccc(CNc2ccc(-c3nc(-c4cccc(F)c4)no3)cn2)cc1. The number of pyridine rings is 1. The summed E-state index contributed by atoms with van der Waals surface area (Å²) >= 11 is 0. The molecule has 4 rings (SSSR count). The molecule has 0 fully saturated rings. The molecule has 6 nitrogen and oxygen atoms in total. The van der Waals surface area contributed by atoms with Gasteiger partial charge >= 0.3 is 0 Å². The number of aromatic nitrogens is 3. The molecule has 28 heavy (non-hydrogen) atoms. The van der Waals surface area contributed by atoms with Gasteiger partial charge in [-0.15, -0.1) is 0 Å². The molecule has 0 unspecified atom stereocenters. The maximum absolute atomic E-state index is 13.4. The zero-order valence-corrected chi connectivity index (χ0v) is 15.1. The Morgan fingerprint density at radius 1 is 1.04 bits per heavy atom. The number of hydrogen-bond donors (Lipinski definition) is 1. The first-order valence-electron chi connectivity index (χ1n) is 8.64. The van der Waals surface area contributed by atoms with Gasteiger partial charge in [-0.3, -0.25) is 0 Å². The molecule has 0 aliphatic rings. The van der Waals surface area contributed by atoms with Crippen molar-refractivity contribution in [2.45, 2.75) is 6.54 Å². The minimum Gasteiger partial charge on any atom is -0.497 e. The van der Waals surface area contributed by atoms with Gasteiger partial charge in [0.15, 0.2) is 0 Å². The first-order valence-corrected chi connectivity index (χ1v) is 8.64. The smallest absolute Gasteiger partial charge is 0.259 e. The van der Waals surface area contributed by atoms with E-state index in [-0.39, 0.29) is 5.82 Å². The summed E-state index contributed by atoms with van der Waals surface area (Å²) in [5.41, 5.74) is 2.36. The van der Waals surface area contributed by atoms with Crippen LogP contribution < -0.4 is 10.1 Å². The second-order valence-corrected chi connectivity index (χ2v) is 6.07. The predicted octanol–water partition coefficient (Wildman–Crippen LogP) is 4.56. The molecule has 0 radical (unpaired) electrons. The Hall–Kier alpha value is -3.74. The van der Waals surface area contributed by atoms with Crippen LogP contribution in [0.2, 0.25) is 0 Å². The number of halogens is 1. The van der Waals surface area contributed by atoms with Crippen molar-refractivity contribution < 1.29 is 13.7 Å². The molecular formula is C21H17FN4O2. The van der Waals surface area contributed by atoms with Crippen molar-refractivity contribution in [2.75, 3.05) is 12.4 Å². The second-order valence-electron chi connectivity index (χ2n) is 6.07. The summed E-state index contributed by atoms with van der Waals surface area (Å²) in [5.74, 6) is 1.86. The minimum absolute atomic E-state index is 0.327. The van der Waals surface area contributed by atoms with Crippen LogP contribution in [0.4, 0.5) is 10.2 Å². The summed E-state index contributed by atoms with van der Waals surface area (Å²) in [6.45, 7) is 0.640. The summed E-state index contributed by atoms with van der Waals surface area (Å²) in [4.78, 5) is 8.69. The van der Waals surface area contributed by atoms with Crippen molar-refractivity contribution in [1.29, 1.82) is 0 Å². The van der Waals surface area contributed by atoms with Crippen LogP contribution in [0.15, 0.2) is 71.4 Å². The fourth-order valence-electron chi connectivity index (χ4n) is 2.65. The topological polar surface area (TPSA) is 73.1 Å². The lowest BCUT2D eigenvalue weighted by Gasteiger charge is -2.06. The van der Waals surface area contributed by atoms with E-state index in [1.54, 1.807) is 25.4 Å².